The first-order chi connectivity index (χ1) is 10.4. The zero-order chi connectivity index (χ0) is 17.6. The van der Waals surface area contributed by atoms with E-state index in [1.54, 1.807) is 0 Å². The van der Waals surface area contributed by atoms with E-state index < -0.39 is 45.0 Å². The summed E-state index contributed by atoms with van der Waals surface area (Å²) in [6, 6.07) is 0. The lowest BCUT2D eigenvalue weighted by Gasteiger charge is -2.33. The molecule has 2 aliphatic heterocycles. The van der Waals surface area contributed by atoms with Crippen molar-refractivity contribution in [1.82, 2.24) is 4.31 Å². The molecule has 0 saturated carbocycles. The summed E-state index contributed by atoms with van der Waals surface area (Å²) < 4.78 is 73.1. The first-order valence-corrected chi connectivity index (χ1v) is 7.58. The van der Waals surface area contributed by atoms with Crippen molar-refractivity contribution in [2.45, 2.75) is 18.4 Å². The second kappa shape index (κ2) is 5.57. The van der Waals surface area contributed by atoms with Crippen molar-refractivity contribution in [3.05, 3.63) is 34.7 Å². The largest absolute Gasteiger partial charge is 0.478 e. The molecular formula is C12H12F3NO6S. The number of ether oxygens (including phenoxy) is 2. The summed E-state index contributed by atoms with van der Waals surface area (Å²) in [4.78, 5) is 11.0. The number of hydrogen-bond acceptors (Lipinski definition) is 5. The van der Waals surface area contributed by atoms with E-state index in [9.17, 15) is 26.4 Å². The smallest absolute Gasteiger partial charge is 0.429 e. The Labute approximate surface area is 129 Å². The van der Waals surface area contributed by atoms with Crippen LogP contribution in [-0.4, -0.2) is 56.3 Å². The molecule has 0 fully saturated rings. The fourth-order valence-corrected chi connectivity index (χ4v) is 2.72. The lowest BCUT2D eigenvalue weighted by molar-refractivity contribution is -0.205. The molecule has 0 bridgehead atoms. The van der Waals surface area contributed by atoms with Gasteiger partial charge in [0.15, 0.2) is 6.10 Å². The van der Waals surface area contributed by atoms with Crippen LogP contribution >= 0.6 is 0 Å². The number of aliphatic carboxylic acids is 1. The van der Waals surface area contributed by atoms with Crippen molar-refractivity contribution < 1.29 is 41.0 Å². The molecule has 128 valence electrons. The number of allylic oxidation sites excluding steroid dienone is 2. The van der Waals surface area contributed by atoms with Gasteiger partial charge in [0.2, 0.25) is 11.2 Å². The van der Waals surface area contributed by atoms with Crippen molar-refractivity contribution in [2.75, 3.05) is 14.1 Å². The first kappa shape index (κ1) is 17.3. The molecule has 2 heterocycles. The second-order valence-corrected chi connectivity index (χ2v) is 6.93. The van der Waals surface area contributed by atoms with Gasteiger partial charge in [-0.1, -0.05) is 0 Å². The summed E-state index contributed by atoms with van der Waals surface area (Å²) in [5.41, 5.74) is -1.07. The molecule has 0 radical (unpaired) electrons. The SMILES string of the molecule is CN(C)S(=O)(=O)C1=CC=C2OC(C(F)(F)F)C(C(=O)O)=CC2O1. The second-order valence-electron chi connectivity index (χ2n) is 4.85. The van der Waals surface area contributed by atoms with Gasteiger partial charge in [0, 0.05) is 14.1 Å². The molecule has 1 N–H and O–H groups in total. The van der Waals surface area contributed by atoms with Crippen LogP contribution in [0.15, 0.2) is 34.7 Å². The lowest BCUT2D eigenvalue weighted by atomic mass is 10.0. The van der Waals surface area contributed by atoms with Gasteiger partial charge in [0.05, 0.1) is 5.57 Å². The standard InChI is InChI=1S/C12H12F3NO6S/c1-16(2)23(19,20)9-4-3-7-8(21-9)5-6(11(17)18)10(22-7)12(13,14)15/h3-5,8,10H,1-2H3,(H,17,18). The Hall–Kier alpha value is -2.01. The molecule has 2 atom stereocenters. The van der Waals surface area contributed by atoms with E-state index in [2.05, 4.69) is 4.74 Å². The Balaban J connectivity index is 2.43. The maximum atomic E-state index is 12.9. The van der Waals surface area contributed by atoms with Gasteiger partial charge in [-0.25, -0.2) is 17.5 Å². The predicted octanol–water partition coefficient (Wildman–Crippen LogP) is 0.974. The van der Waals surface area contributed by atoms with E-state index >= 15 is 0 Å². The van der Waals surface area contributed by atoms with Crippen LogP contribution in [0, 0.1) is 0 Å². The fourth-order valence-electron chi connectivity index (χ4n) is 1.89. The highest BCUT2D eigenvalue weighted by Gasteiger charge is 2.50. The maximum Gasteiger partial charge on any atom is 0.429 e. The number of rotatable bonds is 3. The van der Waals surface area contributed by atoms with Crippen LogP contribution in [0.3, 0.4) is 0 Å². The molecule has 0 amide bonds. The van der Waals surface area contributed by atoms with Crippen LogP contribution in [-0.2, 0) is 24.3 Å². The molecule has 2 unspecified atom stereocenters. The van der Waals surface area contributed by atoms with Crippen LogP contribution < -0.4 is 0 Å². The number of hydrogen-bond donors (Lipinski definition) is 1. The van der Waals surface area contributed by atoms with Crippen LogP contribution in [0.1, 0.15) is 0 Å². The molecule has 0 aromatic rings. The van der Waals surface area contributed by atoms with Crippen molar-refractivity contribution in [2.24, 2.45) is 0 Å². The monoisotopic (exact) mass is 355 g/mol. The minimum absolute atomic E-state index is 0.324. The Morgan fingerprint density at radius 2 is 1.87 bits per heavy atom. The Morgan fingerprint density at radius 1 is 1.26 bits per heavy atom. The number of alkyl halides is 3. The fraction of sp³-hybridized carbons (Fsp3) is 0.417. The number of halogens is 3. The van der Waals surface area contributed by atoms with Crippen LogP contribution in [0.4, 0.5) is 13.2 Å². The minimum atomic E-state index is -4.93. The summed E-state index contributed by atoms with van der Waals surface area (Å²) in [7, 11) is -1.47. The van der Waals surface area contributed by atoms with Gasteiger partial charge in [-0.2, -0.15) is 13.2 Å². The number of nitrogens with zero attached hydrogens (tertiary/aromatic N) is 1. The summed E-state index contributed by atoms with van der Waals surface area (Å²) in [5.74, 6) is -2.16. The molecule has 2 rings (SSSR count). The third-order valence-electron chi connectivity index (χ3n) is 3.05. The number of carbonyl (C=O) groups is 1. The van der Waals surface area contributed by atoms with Gasteiger partial charge in [-0.15, -0.1) is 0 Å². The average Bonchev–Trinajstić information content (AvgIpc) is 2.43. The van der Waals surface area contributed by atoms with Crippen LogP contribution in [0.5, 0.6) is 0 Å². The molecule has 0 aliphatic carbocycles. The molecular weight excluding hydrogens is 343 g/mol. The predicted molar refractivity (Wildman–Crippen MR) is 70.3 cm³/mol. The highest BCUT2D eigenvalue weighted by Crippen LogP contribution is 2.37. The van der Waals surface area contributed by atoms with Crippen LogP contribution in [0.2, 0.25) is 0 Å². The zero-order valence-electron chi connectivity index (χ0n) is 11.9. The molecule has 23 heavy (non-hydrogen) atoms. The first-order valence-electron chi connectivity index (χ1n) is 6.14. The quantitative estimate of drug-likeness (QED) is 0.811. The highest BCUT2D eigenvalue weighted by molar-refractivity contribution is 7.92. The lowest BCUT2D eigenvalue weighted by Crippen LogP contribution is -2.42. The number of fused-ring (bicyclic) bond motifs is 1. The molecule has 2 aliphatic rings. The van der Waals surface area contributed by atoms with E-state index in [1.807, 2.05) is 0 Å². The maximum absolute atomic E-state index is 12.9. The molecule has 11 heteroatoms. The zero-order valence-corrected chi connectivity index (χ0v) is 12.7. The van der Waals surface area contributed by atoms with E-state index in [1.165, 1.54) is 14.1 Å². The summed E-state index contributed by atoms with van der Waals surface area (Å²) in [6.07, 6.45) is -6.29. The third kappa shape index (κ3) is 3.20. The van der Waals surface area contributed by atoms with Crippen molar-refractivity contribution in [3.8, 4) is 0 Å². The van der Waals surface area contributed by atoms with Gasteiger partial charge >= 0.3 is 12.1 Å². The van der Waals surface area contributed by atoms with E-state index in [0.29, 0.717) is 6.08 Å². The third-order valence-corrected chi connectivity index (χ3v) is 4.76. The number of carboxylic acids is 1. The van der Waals surface area contributed by atoms with Crippen molar-refractivity contribution in [1.29, 1.82) is 0 Å². The van der Waals surface area contributed by atoms with E-state index in [-0.39, 0.29) is 5.76 Å². The summed E-state index contributed by atoms with van der Waals surface area (Å²) in [5, 5.41) is 8.39. The van der Waals surface area contributed by atoms with Crippen LogP contribution in [0.25, 0.3) is 0 Å². The van der Waals surface area contributed by atoms with Gasteiger partial charge < -0.3 is 14.6 Å². The molecule has 7 nitrogen and oxygen atoms in total. The normalized spacial score (nSPS) is 24.7. The Bertz CT molecular complexity index is 720. The van der Waals surface area contributed by atoms with Crippen molar-refractivity contribution in [3.63, 3.8) is 0 Å². The Kier molecular flexibility index (Phi) is 4.20. The Morgan fingerprint density at radius 3 is 2.35 bits per heavy atom. The summed E-state index contributed by atoms with van der Waals surface area (Å²) >= 11 is 0. The van der Waals surface area contributed by atoms with Gasteiger partial charge in [-0.05, 0) is 18.2 Å². The number of sulfonamides is 1. The van der Waals surface area contributed by atoms with Gasteiger partial charge in [0.25, 0.3) is 10.0 Å². The molecule has 0 spiro atoms. The molecule has 0 aromatic carbocycles. The average molecular weight is 355 g/mol. The molecule has 0 aromatic heterocycles. The topological polar surface area (TPSA) is 93.1 Å². The van der Waals surface area contributed by atoms with Crippen molar-refractivity contribution >= 4 is 16.0 Å². The van der Waals surface area contributed by atoms with E-state index in [4.69, 9.17) is 9.84 Å². The van der Waals surface area contributed by atoms with Gasteiger partial charge in [0.1, 0.15) is 5.76 Å². The van der Waals surface area contributed by atoms with E-state index in [0.717, 1.165) is 16.5 Å². The summed E-state index contributed by atoms with van der Waals surface area (Å²) in [6.45, 7) is 0. The van der Waals surface area contributed by atoms with Gasteiger partial charge in [-0.3, -0.25) is 0 Å². The highest BCUT2D eigenvalue weighted by atomic mass is 32.2. The minimum Gasteiger partial charge on any atom is -0.478 e. The molecule has 0 saturated heterocycles. The number of carboxylic acid groups (broad SMARTS) is 1.